The van der Waals surface area contributed by atoms with Crippen molar-refractivity contribution in [2.45, 2.75) is 19.8 Å². The van der Waals surface area contributed by atoms with Gasteiger partial charge in [0.25, 0.3) is 0 Å². The van der Waals surface area contributed by atoms with Gasteiger partial charge in [-0.1, -0.05) is 12.1 Å². The first-order chi connectivity index (χ1) is 13.5. The summed E-state index contributed by atoms with van der Waals surface area (Å²) in [5.74, 6) is -0.0331. The van der Waals surface area contributed by atoms with Crippen molar-refractivity contribution in [3.63, 3.8) is 0 Å². The fourth-order valence-corrected chi connectivity index (χ4v) is 3.05. The van der Waals surface area contributed by atoms with Crippen LogP contribution in [0.4, 0.5) is 5.69 Å². The third-order valence-electron chi connectivity index (χ3n) is 4.89. The molecule has 2 atom stereocenters. The Morgan fingerprint density at radius 1 is 0.964 bits per heavy atom. The van der Waals surface area contributed by atoms with E-state index >= 15 is 0 Å². The first kappa shape index (κ1) is 19.6. The highest BCUT2D eigenvalue weighted by atomic mass is 16.5. The number of methoxy groups -OCH3 is 1. The molecule has 2 unspecified atom stereocenters. The van der Waals surface area contributed by atoms with Crippen LogP contribution in [0.25, 0.3) is 0 Å². The van der Waals surface area contributed by atoms with E-state index in [-0.39, 0.29) is 29.4 Å². The van der Waals surface area contributed by atoms with Gasteiger partial charge in [-0.05, 0) is 61.7 Å². The molecular weight excluding hydrogens is 356 g/mol. The Bertz CT molecular complexity index is 859. The van der Waals surface area contributed by atoms with E-state index in [2.05, 4.69) is 10.6 Å². The minimum Gasteiger partial charge on any atom is -0.497 e. The molecule has 6 heteroatoms. The van der Waals surface area contributed by atoms with E-state index in [0.717, 1.165) is 17.7 Å². The number of rotatable bonds is 8. The van der Waals surface area contributed by atoms with Gasteiger partial charge >= 0.3 is 0 Å². The second-order valence-corrected chi connectivity index (χ2v) is 6.96. The van der Waals surface area contributed by atoms with Crippen LogP contribution < -0.4 is 15.4 Å². The second-order valence-electron chi connectivity index (χ2n) is 6.96. The molecule has 2 aromatic rings. The van der Waals surface area contributed by atoms with Crippen molar-refractivity contribution in [1.82, 2.24) is 5.32 Å². The van der Waals surface area contributed by atoms with Gasteiger partial charge in [-0.25, -0.2) is 0 Å². The number of hydrogen-bond acceptors (Lipinski definition) is 4. The number of hydrogen-bond donors (Lipinski definition) is 2. The number of carbonyl (C=O) groups is 3. The molecule has 0 aromatic heterocycles. The van der Waals surface area contributed by atoms with Gasteiger partial charge in [0.05, 0.1) is 18.9 Å². The van der Waals surface area contributed by atoms with E-state index in [1.54, 1.807) is 31.4 Å². The van der Waals surface area contributed by atoms with Crippen molar-refractivity contribution >= 4 is 23.3 Å². The van der Waals surface area contributed by atoms with Crippen molar-refractivity contribution in [2.75, 3.05) is 19.0 Å². The van der Waals surface area contributed by atoms with Crippen molar-refractivity contribution < 1.29 is 19.1 Å². The van der Waals surface area contributed by atoms with Crippen molar-refractivity contribution in [1.29, 1.82) is 0 Å². The first-order valence-electron chi connectivity index (χ1n) is 9.30. The predicted octanol–water partition coefficient (Wildman–Crippen LogP) is 2.83. The molecule has 1 saturated carbocycles. The Morgan fingerprint density at radius 2 is 1.61 bits per heavy atom. The molecule has 0 aliphatic heterocycles. The molecule has 1 aliphatic rings. The summed E-state index contributed by atoms with van der Waals surface area (Å²) < 4.78 is 5.12. The molecule has 0 spiro atoms. The van der Waals surface area contributed by atoms with Crippen LogP contribution in [-0.2, 0) is 16.0 Å². The first-order valence-corrected chi connectivity index (χ1v) is 9.30. The number of Topliss-reactive ketones (excluding diaryl/α,β-unsaturated/α-hetero) is 1. The van der Waals surface area contributed by atoms with Gasteiger partial charge in [-0.15, -0.1) is 0 Å². The predicted molar refractivity (Wildman–Crippen MR) is 106 cm³/mol. The summed E-state index contributed by atoms with van der Waals surface area (Å²) in [5.41, 5.74) is 2.33. The Labute approximate surface area is 164 Å². The Balaban J connectivity index is 1.41. The Morgan fingerprint density at radius 3 is 2.21 bits per heavy atom. The molecule has 6 nitrogen and oxygen atoms in total. The highest BCUT2D eigenvalue weighted by molar-refractivity contribution is 6.00. The number of amides is 2. The lowest BCUT2D eigenvalue weighted by molar-refractivity contribution is -0.125. The molecule has 0 saturated heterocycles. The van der Waals surface area contributed by atoms with Crippen LogP contribution in [0.15, 0.2) is 48.5 Å². The monoisotopic (exact) mass is 380 g/mol. The van der Waals surface area contributed by atoms with E-state index in [9.17, 15) is 14.4 Å². The number of nitrogens with one attached hydrogen (secondary N) is 2. The molecule has 0 bridgehead atoms. The summed E-state index contributed by atoms with van der Waals surface area (Å²) in [6.07, 6.45) is 1.29. The summed E-state index contributed by atoms with van der Waals surface area (Å²) in [7, 11) is 1.62. The quantitative estimate of drug-likeness (QED) is 0.690. The number of anilines is 1. The van der Waals surface area contributed by atoms with Crippen LogP contribution >= 0.6 is 0 Å². The highest BCUT2D eigenvalue weighted by Gasteiger charge is 2.47. The summed E-state index contributed by atoms with van der Waals surface area (Å²) in [5, 5.41) is 5.71. The fourth-order valence-electron chi connectivity index (χ4n) is 3.05. The average molecular weight is 380 g/mol. The topological polar surface area (TPSA) is 84.5 Å². The molecule has 2 amide bonds. The largest absolute Gasteiger partial charge is 0.497 e. The third-order valence-corrected chi connectivity index (χ3v) is 4.89. The average Bonchev–Trinajstić information content (AvgIpc) is 3.50. The maximum atomic E-state index is 12.3. The molecule has 1 fully saturated rings. The van der Waals surface area contributed by atoms with Gasteiger partial charge in [0.2, 0.25) is 11.8 Å². The molecule has 2 N–H and O–H groups in total. The molecule has 28 heavy (non-hydrogen) atoms. The number of benzene rings is 2. The minimum absolute atomic E-state index is 0.0218. The number of ether oxygens (including phenoxy) is 1. The van der Waals surface area contributed by atoms with Gasteiger partial charge in [-0.3, -0.25) is 14.4 Å². The molecule has 3 rings (SSSR count). The lowest BCUT2D eigenvalue weighted by Gasteiger charge is -2.07. The molecule has 146 valence electrons. The summed E-state index contributed by atoms with van der Waals surface area (Å²) in [4.78, 5) is 35.8. The van der Waals surface area contributed by atoms with Crippen LogP contribution in [0.3, 0.4) is 0 Å². The molecule has 2 aromatic carbocycles. The van der Waals surface area contributed by atoms with Crippen LogP contribution in [0.5, 0.6) is 5.75 Å². The van der Waals surface area contributed by atoms with Crippen molar-refractivity contribution in [3.05, 3.63) is 59.7 Å². The second kappa shape index (κ2) is 8.69. The molecule has 1 aliphatic carbocycles. The zero-order chi connectivity index (χ0) is 20.1. The zero-order valence-corrected chi connectivity index (χ0v) is 16.0. The van der Waals surface area contributed by atoms with E-state index in [1.165, 1.54) is 6.92 Å². The number of ketones is 1. The summed E-state index contributed by atoms with van der Waals surface area (Å²) in [6.45, 7) is 2.03. The maximum absolute atomic E-state index is 12.3. The minimum atomic E-state index is -0.298. The highest BCUT2D eigenvalue weighted by Crippen LogP contribution is 2.39. The molecule has 0 heterocycles. The number of carbonyl (C=O) groups excluding carboxylic acids is 3. The Hall–Kier alpha value is -3.15. The Kier molecular flexibility index (Phi) is 6.09. The van der Waals surface area contributed by atoms with Gasteiger partial charge in [-0.2, -0.15) is 0 Å². The lowest BCUT2D eigenvalue weighted by atomic mass is 10.1. The van der Waals surface area contributed by atoms with Crippen LogP contribution in [-0.4, -0.2) is 31.3 Å². The van der Waals surface area contributed by atoms with Crippen molar-refractivity contribution in [3.8, 4) is 5.75 Å². The zero-order valence-electron chi connectivity index (χ0n) is 16.0. The van der Waals surface area contributed by atoms with Gasteiger partial charge in [0.15, 0.2) is 5.78 Å². The standard InChI is InChI=1S/C22H24N2O4/c1-14(25)16-5-7-17(8-6-16)24-22(27)20-13-19(20)21(26)23-12-11-15-3-9-18(28-2)10-4-15/h3-10,19-20H,11-13H2,1-2H3,(H,23,26)(H,24,27). The summed E-state index contributed by atoms with van der Waals surface area (Å²) >= 11 is 0. The lowest BCUT2D eigenvalue weighted by Crippen LogP contribution is -2.29. The fraction of sp³-hybridized carbons (Fsp3) is 0.318. The summed E-state index contributed by atoms with van der Waals surface area (Å²) in [6, 6.07) is 14.5. The molecule has 0 radical (unpaired) electrons. The normalized spacial score (nSPS) is 17.5. The van der Waals surface area contributed by atoms with Crippen LogP contribution in [0.2, 0.25) is 0 Å². The smallest absolute Gasteiger partial charge is 0.228 e. The molecular formula is C22H24N2O4. The van der Waals surface area contributed by atoms with Gasteiger partial charge in [0.1, 0.15) is 5.75 Å². The SMILES string of the molecule is COc1ccc(CCNC(=O)C2CC2C(=O)Nc2ccc(C(C)=O)cc2)cc1. The van der Waals surface area contributed by atoms with Crippen LogP contribution in [0.1, 0.15) is 29.3 Å². The third kappa shape index (κ3) is 4.97. The van der Waals surface area contributed by atoms with Crippen LogP contribution in [0, 0.1) is 11.8 Å². The van der Waals surface area contributed by atoms with E-state index in [1.807, 2.05) is 24.3 Å². The van der Waals surface area contributed by atoms with E-state index < -0.39 is 0 Å². The van der Waals surface area contributed by atoms with Crippen molar-refractivity contribution in [2.24, 2.45) is 11.8 Å². The van der Waals surface area contributed by atoms with E-state index in [0.29, 0.717) is 24.2 Å². The van der Waals surface area contributed by atoms with E-state index in [4.69, 9.17) is 4.74 Å². The van der Waals surface area contributed by atoms with Gasteiger partial charge < -0.3 is 15.4 Å². The van der Waals surface area contributed by atoms with Gasteiger partial charge in [0, 0.05) is 17.8 Å². The maximum Gasteiger partial charge on any atom is 0.228 e.